The van der Waals surface area contributed by atoms with Gasteiger partial charge in [0, 0.05) is 47.9 Å². The van der Waals surface area contributed by atoms with Crippen molar-refractivity contribution in [3.8, 4) is 11.8 Å². The van der Waals surface area contributed by atoms with Crippen molar-refractivity contribution in [2.75, 3.05) is 12.4 Å². The van der Waals surface area contributed by atoms with Gasteiger partial charge in [0.25, 0.3) is 0 Å². The van der Waals surface area contributed by atoms with Crippen molar-refractivity contribution >= 4 is 22.5 Å². The van der Waals surface area contributed by atoms with Crippen LogP contribution in [-0.2, 0) is 0 Å². The molecule has 1 saturated carbocycles. The van der Waals surface area contributed by atoms with Gasteiger partial charge >= 0.3 is 11.6 Å². The highest BCUT2D eigenvalue weighted by atomic mass is 16.5. The lowest BCUT2D eigenvalue weighted by atomic mass is 9.84. The average Bonchev–Trinajstić information content (AvgIpc) is 3.18. The lowest BCUT2D eigenvalue weighted by Crippen LogP contribution is -2.42. The summed E-state index contributed by atoms with van der Waals surface area (Å²) in [6.45, 7) is 1.71. The van der Waals surface area contributed by atoms with Crippen LogP contribution in [0.4, 0.5) is 5.69 Å². The van der Waals surface area contributed by atoms with E-state index in [2.05, 4.69) is 11.4 Å². The minimum atomic E-state index is -0.438. The fraction of sp³-hybridized carbons (Fsp3) is 0.391. The third-order valence-electron chi connectivity index (χ3n) is 6.05. The number of pyridine rings is 1. The van der Waals surface area contributed by atoms with E-state index in [9.17, 15) is 10.0 Å². The van der Waals surface area contributed by atoms with E-state index in [1.165, 1.54) is 0 Å². The molecule has 0 saturated heterocycles. The summed E-state index contributed by atoms with van der Waals surface area (Å²) in [4.78, 5) is 12.7. The SMILES string of the molecule is COc1cc2nn(C3CCC(CC#N)CC3)cc2cc1NC(=O)c1cccc(C)[n+]1O. The number of aromatic nitrogens is 3. The number of aryl methyl sites for hydroxylation is 1. The molecule has 8 nitrogen and oxygen atoms in total. The highest BCUT2D eigenvalue weighted by Crippen LogP contribution is 2.35. The number of anilines is 1. The summed E-state index contributed by atoms with van der Waals surface area (Å²) >= 11 is 0. The van der Waals surface area contributed by atoms with Gasteiger partial charge in [-0.25, -0.2) is 0 Å². The van der Waals surface area contributed by atoms with Crippen molar-refractivity contribution in [2.45, 2.75) is 45.1 Å². The molecule has 1 aliphatic carbocycles. The van der Waals surface area contributed by atoms with Gasteiger partial charge in [0.2, 0.25) is 5.69 Å². The molecule has 1 aromatic carbocycles. The molecule has 2 heterocycles. The maximum atomic E-state index is 12.7. The zero-order valence-corrected chi connectivity index (χ0v) is 17.7. The molecule has 1 amide bonds. The second kappa shape index (κ2) is 8.64. The molecule has 0 spiro atoms. The smallest absolute Gasteiger partial charge is 0.325 e. The number of hydrogen-bond donors (Lipinski definition) is 2. The van der Waals surface area contributed by atoms with Gasteiger partial charge < -0.3 is 10.1 Å². The first-order valence-electron chi connectivity index (χ1n) is 10.5. The summed E-state index contributed by atoms with van der Waals surface area (Å²) < 4.78 is 8.34. The molecule has 8 heteroatoms. The number of nitriles is 1. The Bertz CT molecular complexity index is 1160. The molecular formula is C23H26N5O3+. The minimum absolute atomic E-state index is 0.131. The summed E-state index contributed by atoms with van der Waals surface area (Å²) in [5.41, 5.74) is 1.99. The van der Waals surface area contributed by atoms with Gasteiger partial charge in [0.15, 0.2) is 0 Å². The monoisotopic (exact) mass is 420 g/mol. The Kier molecular flexibility index (Phi) is 5.76. The van der Waals surface area contributed by atoms with Crippen molar-refractivity contribution in [1.29, 1.82) is 5.26 Å². The fourth-order valence-corrected chi connectivity index (χ4v) is 4.24. The number of fused-ring (bicyclic) bond motifs is 1. The summed E-state index contributed by atoms with van der Waals surface area (Å²) in [6, 6.07) is 11.2. The highest BCUT2D eigenvalue weighted by molar-refractivity contribution is 6.04. The Morgan fingerprint density at radius 3 is 2.84 bits per heavy atom. The number of hydrogen-bond acceptors (Lipinski definition) is 5. The molecule has 4 rings (SSSR count). The second-order valence-corrected chi connectivity index (χ2v) is 8.08. The van der Waals surface area contributed by atoms with Crippen molar-refractivity contribution in [2.24, 2.45) is 5.92 Å². The van der Waals surface area contributed by atoms with E-state index >= 15 is 0 Å². The van der Waals surface area contributed by atoms with E-state index in [1.807, 2.05) is 23.0 Å². The number of methoxy groups -OCH3 is 1. The fourth-order valence-electron chi connectivity index (χ4n) is 4.24. The van der Waals surface area contributed by atoms with Gasteiger partial charge in [-0.05, 0) is 43.7 Å². The van der Waals surface area contributed by atoms with Crippen LogP contribution in [0.15, 0.2) is 36.5 Å². The van der Waals surface area contributed by atoms with E-state index in [-0.39, 0.29) is 5.69 Å². The maximum absolute atomic E-state index is 12.7. The first-order valence-corrected chi connectivity index (χ1v) is 10.5. The molecule has 0 bridgehead atoms. The van der Waals surface area contributed by atoms with Crippen molar-refractivity contribution in [1.82, 2.24) is 9.78 Å². The molecule has 3 aromatic rings. The summed E-state index contributed by atoms with van der Waals surface area (Å²) in [5.74, 6) is 0.553. The molecule has 2 N–H and O–H groups in total. The topological polar surface area (TPSA) is 104 Å². The van der Waals surface area contributed by atoms with Crippen LogP contribution in [0.5, 0.6) is 5.75 Å². The summed E-state index contributed by atoms with van der Waals surface area (Å²) in [7, 11) is 1.54. The van der Waals surface area contributed by atoms with Crippen LogP contribution in [0.1, 0.15) is 54.3 Å². The van der Waals surface area contributed by atoms with Crippen LogP contribution < -0.4 is 14.8 Å². The Hall–Kier alpha value is -3.60. The quantitative estimate of drug-likeness (QED) is 0.483. The van der Waals surface area contributed by atoms with E-state index < -0.39 is 5.91 Å². The Balaban J connectivity index is 1.58. The Morgan fingerprint density at radius 2 is 2.13 bits per heavy atom. The molecule has 0 aliphatic heterocycles. The van der Waals surface area contributed by atoms with Gasteiger partial charge in [-0.15, -0.1) is 0 Å². The van der Waals surface area contributed by atoms with E-state index in [4.69, 9.17) is 15.1 Å². The number of benzene rings is 1. The van der Waals surface area contributed by atoms with E-state index in [0.29, 0.717) is 35.5 Å². The van der Waals surface area contributed by atoms with Gasteiger partial charge in [0.1, 0.15) is 5.75 Å². The lowest BCUT2D eigenvalue weighted by Gasteiger charge is -2.27. The normalized spacial score (nSPS) is 18.5. The third kappa shape index (κ3) is 4.17. The van der Waals surface area contributed by atoms with Crippen LogP contribution in [0.2, 0.25) is 0 Å². The van der Waals surface area contributed by atoms with Crippen LogP contribution in [-0.4, -0.2) is 28.0 Å². The second-order valence-electron chi connectivity index (χ2n) is 8.08. The van der Waals surface area contributed by atoms with Crippen LogP contribution >= 0.6 is 0 Å². The van der Waals surface area contributed by atoms with E-state index in [0.717, 1.165) is 41.3 Å². The molecule has 2 aromatic heterocycles. The zero-order chi connectivity index (χ0) is 22.0. The predicted molar refractivity (Wildman–Crippen MR) is 114 cm³/mol. The standard InChI is InChI=1S/C23H25N5O3/c1-15-4-3-5-21(28(15)30)23(29)25-20-12-17-14-27(26-19(17)13-22(20)31-2)18-8-6-16(7-9-18)10-11-24/h3-5,12-14,16,18H,6-10H2,1-2H3,(H-,25,29,30)/p+1. The van der Waals surface area contributed by atoms with Gasteiger partial charge in [-0.1, -0.05) is 0 Å². The zero-order valence-electron chi connectivity index (χ0n) is 17.7. The summed E-state index contributed by atoms with van der Waals surface area (Å²) in [5, 5.41) is 27.5. The first kappa shape index (κ1) is 20.7. The molecule has 0 atom stereocenters. The first-order chi connectivity index (χ1) is 15.0. The van der Waals surface area contributed by atoms with Crippen LogP contribution in [0.25, 0.3) is 10.9 Å². The molecule has 1 fully saturated rings. The molecule has 0 unspecified atom stereocenters. The molecule has 0 radical (unpaired) electrons. The summed E-state index contributed by atoms with van der Waals surface area (Å²) in [6.07, 6.45) is 6.71. The lowest BCUT2D eigenvalue weighted by molar-refractivity contribution is -0.909. The van der Waals surface area contributed by atoms with Crippen LogP contribution in [0.3, 0.4) is 0 Å². The van der Waals surface area contributed by atoms with Gasteiger partial charge in [-0.3, -0.25) is 14.7 Å². The molecule has 160 valence electrons. The average molecular weight is 420 g/mol. The third-order valence-corrected chi connectivity index (χ3v) is 6.05. The minimum Gasteiger partial charge on any atom is -0.494 e. The Labute approximate surface area is 180 Å². The molecule has 31 heavy (non-hydrogen) atoms. The van der Waals surface area contributed by atoms with Gasteiger partial charge in [-0.2, -0.15) is 10.4 Å². The number of ether oxygens (including phenoxy) is 1. The molecule has 1 aliphatic rings. The highest BCUT2D eigenvalue weighted by Gasteiger charge is 2.25. The number of nitrogens with zero attached hydrogens (tertiary/aromatic N) is 4. The maximum Gasteiger partial charge on any atom is 0.325 e. The van der Waals surface area contributed by atoms with Crippen molar-refractivity contribution in [3.05, 3.63) is 47.9 Å². The largest absolute Gasteiger partial charge is 0.494 e. The number of amides is 1. The van der Waals surface area contributed by atoms with Crippen LogP contribution in [0, 0.1) is 24.2 Å². The van der Waals surface area contributed by atoms with E-state index in [1.54, 1.807) is 32.2 Å². The molecular weight excluding hydrogens is 394 g/mol. The number of nitrogens with one attached hydrogen (secondary N) is 1. The van der Waals surface area contributed by atoms with Crippen molar-refractivity contribution < 1.29 is 19.5 Å². The van der Waals surface area contributed by atoms with Gasteiger partial charge in [0.05, 0.1) is 30.4 Å². The predicted octanol–water partition coefficient (Wildman–Crippen LogP) is 3.78. The number of rotatable bonds is 5. The Morgan fingerprint density at radius 1 is 1.35 bits per heavy atom. The number of carbonyl (C=O) groups is 1. The van der Waals surface area contributed by atoms with Crippen molar-refractivity contribution in [3.63, 3.8) is 0 Å². The number of carbonyl (C=O) groups excluding carboxylic acids is 1.